The SMILES string of the molecule is NOC1CCNCC1.O=S(=O)(O)O. The van der Waals surface area contributed by atoms with Gasteiger partial charge < -0.3 is 10.2 Å². The van der Waals surface area contributed by atoms with E-state index in [1.165, 1.54) is 0 Å². The van der Waals surface area contributed by atoms with Crippen molar-refractivity contribution in [3.8, 4) is 0 Å². The van der Waals surface area contributed by atoms with Crippen molar-refractivity contribution in [2.24, 2.45) is 5.90 Å². The zero-order valence-electron chi connectivity index (χ0n) is 7.01. The van der Waals surface area contributed by atoms with E-state index in [2.05, 4.69) is 10.2 Å². The number of hydrogen-bond donors (Lipinski definition) is 4. The Bertz CT molecular complexity index is 203. The van der Waals surface area contributed by atoms with Crippen molar-refractivity contribution < 1.29 is 22.4 Å². The third-order valence-corrected chi connectivity index (χ3v) is 1.48. The predicted octanol–water partition coefficient (Wildman–Crippen LogP) is -1.02. The molecule has 0 radical (unpaired) electrons. The van der Waals surface area contributed by atoms with Gasteiger partial charge in [0, 0.05) is 0 Å². The molecule has 0 saturated carbocycles. The Morgan fingerprint density at radius 3 is 1.92 bits per heavy atom. The fraction of sp³-hybridized carbons (Fsp3) is 1.00. The molecule has 0 amide bonds. The smallest absolute Gasteiger partial charge is 0.317 e. The lowest BCUT2D eigenvalue weighted by Gasteiger charge is -2.19. The van der Waals surface area contributed by atoms with Gasteiger partial charge >= 0.3 is 10.4 Å². The van der Waals surface area contributed by atoms with Crippen molar-refractivity contribution in [3.63, 3.8) is 0 Å². The second kappa shape index (κ2) is 6.24. The first-order chi connectivity index (χ1) is 5.93. The Hall–Kier alpha value is -0.250. The molecule has 0 aromatic carbocycles. The normalized spacial score (nSPS) is 19.0. The average Bonchev–Trinajstić information content (AvgIpc) is 2.03. The molecule has 1 aliphatic heterocycles. The summed E-state index contributed by atoms with van der Waals surface area (Å²) in [5, 5.41) is 3.21. The molecule has 1 heterocycles. The van der Waals surface area contributed by atoms with Gasteiger partial charge in [0.15, 0.2) is 0 Å². The van der Waals surface area contributed by atoms with Crippen molar-refractivity contribution in [2.75, 3.05) is 13.1 Å². The van der Waals surface area contributed by atoms with Gasteiger partial charge in [-0.05, 0) is 25.9 Å². The molecule has 1 saturated heterocycles. The van der Waals surface area contributed by atoms with Crippen LogP contribution in [0.1, 0.15) is 12.8 Å². The van der Waals surface area contributed by atoms with Crippen LogP contribution in [-0.4, -0.2) is 36.7 Å². The highest BCUT2D eigenvalue weighted by molar-refractivity contribution is 7.79. The minimum absolute atomic E-state index is 0.302. The second-order valence-corrected chi connectivity index (χ2v) is 3.43. The monoisotopic (exact) mass is 214 g/mol. The van der Waals surface area contributed by atoms with Gasteiger partial charge in [0.25, 0.3) is 0 Å². The van der Waals surface area contributed by atoms with Crippen LogP contribution in [0.15, 0.2) is 0 Å². The van der Waals surface area contributed by atoms with E-state index in [-0.39, 0.29) is 0 Å². The zero-order chi connectivity index (χ0) is 10.3. The Labute approximate surface area is 76.8 Å². The highest BCUT2D eigenvalue weighted by Crippen LogP contribution is 2.02. The van der Waals surface area contributed by atoms with E-state index in [0.29, 0.717) is 6.10 Å². The fourth-order valence-corrected chi connectivity index (χ4v) is 0.932. The van der Waals surface area contributed by atoms with E-state index in [4.69, 9.17) is 23.4 Å². The Kier molecular flexibility index (Phi) is 6.12. The third kappa shape index (κ3) is 11.8. The van der Waals surface area contributed by atoms with Crippen LogP contribution in [0.5, 0.6) is 0 Å². The lowest BCUT2D eigenvalue weighted by molar-refractivity contribution is 0.0325. The number of rotatable bonds is 1. The highest BCUT2D eigenvalue weighted by Gasteiger charge is 2.10. The van der Waals surface area contributed by atoms with Crippen molar-refractivity contribution in [1.82, 2.24) is 5.32 Å². The van der Waals surface area contributed by atoms with E-state index in [0.717, 1.165) is 25.9 Å². The molecule has 0 aromatic heterocycles. The molecule has 0 aliphatic carbocycles. The summed E-state index contributed by atoms with van der Waals surface area (Å²) in [5.74, 6) is 4.98. The number of hydrogen-bond acceptors (Lipinski definition) is 5. The van der Waals surface area contributed by atoms with Crippen molar-refractivity contribution in [1.29, 1.82) is 0 Å². The Morgan fingerprint density at radius 1 is 1.31 bits per heavy atom. The van der Waals surface area contributed by atoms with E-state index in [9.17, 15) is 0 Å². The minimum Gasteiger partial charge on any atom is -0.317 e. The summed E-state index contributed by atoms with van der Waals surface area (Å²) in [4.78, 5) is 4.65. The molecule has 1 fully saturated rings. The van der Waals surface area contributed by atoms with Gasteiger partial charge in [-0.25, -0.2) is 5.90 Å². The first-order valence-electron chi connectivity index (χ1n) is 3.69. The van der Waals surface area contributed by atoms with Gasteiger partial charge in [0.05, 0.1) is 6.10 Å². The maximum atomic E-state index is 8.74. The molecule has 0 aromatic rings. The van der Waals surface area contributed by atoms with E-state index in [1.807, 2.05) is 0 Å². The minimum atomic E-state index is -4.67. The summed E-state index contributed by atoms with van der Waals surface area (Å²) in [5.41, 5.74) is 0. The summed E-state index contributed by atoms with van der Waals surface area (Å²) < 4.78 is 31.6. The van der Waals surface area contributed by atoms with E-state index in [1.54, 1.807) is 0 Å². The molecule has 13 heavy (non-hydrogen) atoms. The summed E-state index contributed by atoms with van der Waals surface area (Å²) in [6.45, 7) is 2.09. The average molecular weight is 214 g/mol. The molecule has 80 valence electrons. The van der Waals surface area contributed by atoms with Gasteiger partial charge in [0.1, 0.15) is 0 Å². The first kappa shape index (κ1) is 12.8. The van der Waals surface area contributed by atoms with Gasteiger partial charge in [-0.2, -0.15) is 8.42 Å². The second-order valence-electron chi connectivity index (χ2n) is 2.53. The Morgan fingerprint density at radius 2 is 1.69 bits per heavy atom. The molecule has 1 aliphatic rings. The largest absolute Gasteiger partial charge is 0.394 e. The summed E-state index contributed by atoms with van der Waals surface area (Å²) in [6, 6.07) is 0. The van der Waals surface area contributed by atoms with Gasteiger partial charge in [-0.1, -0.05) is 0 Å². The summed E-state index contributed by atoms with van der Waals surface area (Å²) in [6.07, 6.45) is 2.41. The van der Waals surface area contributed by atoms with Crippen LogP contribution in [0.2, 0.25) is 0 Å². The topological polar surface area (TPSA) is 122 Å². The molecule has 0 atom stereocenters. The van der Waals surface area contributed by atoms with Crippen LogP contribution in [0.3, 0.4) is 0 Å². The number of piperidine rings is 1. The molecule has 8 heteroatoms. The molecule has 7 nitrogen and oxygen atoms in total. The summed E-state index contributed by atoms with van der Waals surface area (Å²) >= 11 is 0. The lowest BCUT2D eigenvalue weighted by atomic mass is 10.1. The maximum absolute atomic E-state index is 8.74. The van der Waals surface area contributed by atoms with Gasteiger partial charge in [0.2, 0.25) is 0 Å². The third-order valence-electron chi connectivity index (χ3n) is 1.48. The van der Waals surface area contributed by atoms with Gasteiger partial charge in [-0.15, -0.1) is 0 Å². The molecule has 0 spiro atoms. The van der Waals surface area contributed by atoms with Crippen molar-refractivity contribution in [3.05, 3.63) is 0 Å². The zero-order valence-corrected chi connectivity index (χ0v) is 7.83. The van der Waals surface area contributed by atoms with Crippen LogP contribution >= 0.6 is 0 Å². The van der Waals surface area contributed by atoms with Crippen LogP contribution in [0.4, 0.5) is 0 Å². The predicted molar refractivity (Wildman–Crippen MR) is 45.3 cm³/mol. The van der Waals surface area contributed by atoms with Crippen molar-refractivity contribution in [2.45, 2.75) is 18.9 Å². The summed E-state index contributed by atoms with van der Waals surface area (Å²) in [7, 11) is -4.67. The van der Waals surface area contributed by atoms with Crippen LogP contribution in [0.25, 0.3) is 0 Å². The van der Waals surface area contributed by atoms with Crippen LogP contribution in [-0.2, 0) is 15.2 Å². The molecule has 1 rings (SSSR count). The van der Waals surface area contributed by atoms with Gasteiger partial charge in [-0.3, -0.25) is 9.11 Å². The fourth-order valence-electron chi connectivity index (χ4n) is 0.932. The van der Waals surface area contributed by atoms with Crippen molar-refractivity contribution >= 4 is 10.4 Å². The standard InChI is InChI=1S/C5H12N2O.H2O4S/c6-8-5-1-3-7-4-2-5;1-5(2,3)4/h5,7H,1-4,6H2;(H2,1,2,3,4). The van der Waals surface area contributed by atoms with E-state index < -0.39 is 10.4 Å². The van der Waals surface area contributed by atoms with Crippen LogP contribution in [0, 0.1) is 0 Å². The number of nitrogens with two attached hydrogens (primary N) is 1. The van der Waals surface area contributed by atoms with Crippen LogP contribution < -0.4 is 11.2 Å². The molecule has 0 unspecified atom stereocenters. The quantitative estimate of drug-likeness (QED) is 0.325. The lowest BCUT2D eigenvalue weighted by Crippen LogP contribution is -2.33. The molecular weight excluding hydrogens is 200 g/mol. The molecule has 5 N–H and O–H groups in total. The molecule has 0 bridgehead atoms. The molecular formula is C5H14N2O5S. The Balaban J connectivity index is 0.000000252. The van der Waals surface area contributed by atoms with E-state index >= 15 is 0 Å². The first-order valence-corrected chi connectivity index (χ1v) is 5.09. The maximum Gasteiger partial charge on any atom is 0.394 e. The highest BCUT2D eigenvalue weighted by atomic mass is 32.3. The number of nitrogens with one attached hydrogen (secondary N) is 1.